The molecule has 3 aromatic rings. The molecule has 10 heteroatoms. The summed E-state index contributed by atoms with van der Waals surface area (Å²) >= 11 is 0. The van der Waals surface area contributed by atoms with E-state index >= 15 is 0 Å². The lowest BCUT2D eigenvalue weighted by atomic mass is 10.0. The molecule has 2 aromatic carbocycles. The quantitative estimate of drug-likeness (QED) is 0.369. The normalized spacial score (nSPS) is 11.3. The topological polar surface area (TPSA) is 80.6 Å². The van der Waals surface area contributed by atoms with Gasteiger partial charge in [0.05, 0.1) is 23.4 Å². The maximum absolute atomic E-state index is 13.9. The number of rotatable bonds is 8. The number of hydrogen-bond acceptors (Lipinski definition) is 4. The van der Waals surface area contributed by atoms with Gasteiger partial charge in [0.15, 0.2) is 5.75 Å². The number of para-hydroxylation sites is 1. The summed E-state index contributed by atoms with van der Waals surface area (Å²) in [6.45, 7) is 0.626. The number of ether oxygens (including phenoxy) is 1. The van der Waals surface area contributed by atoms with Crippen LogP contribution in [0.2, 0.25) is 0 Å². The minimum absolute atomic E-state index is 0.158. The van der Waals surface area contributed by atoms with E-state index in [-0.39, 0.29) is 17.8 Å². The molecule has 2 N–H and O–H groups in total. The first kappa shape index (κ1) is 24.8. The van der Waals surface area contributed by atoms with E-state index in [1.54, 1.807) is 0 Å². The highest BCUT2D eigenvalue weighted by Crippen LogP contribution is 2.33. The number of carbonyl (C=O) groups is 1. The van der Waals surface area contributed by atoms with Crippen molar-refractivity contribution in [2.24, 2.45) is 7.05 Å². The number of benzene rings is 2. The maximum atomic E-state index is 13.9. The Balaban J connectivity index is 1.72. The van der Waals surface area contributed by atoms with E-state index in [1.165, 1.54) is 7.05 Å². The fourth-order valence-electron chi connectivity index (χ4n) is 3.27. The lowest BCUT2D eigenvalue weighted by Gasteiger charge is -2.15. The Bertz CT molecular complexity index is 1220. The Labute approximate surface area is 192 Å². The Morgan fingerprint density at radius 3 is 2.47 bits per heavy atom. The number of aromatic nitrogens is 1. The van der Waals surface area contributed by atoms with Gasteiger partial charge in [0, 0.05) is 19.2 Å². The highest BCUT2D eigenvalue weighted by Gasteiger charge is 2.32. The van der Waals surface area contributed by atoms with Crippen LogP contribution < -0.4 is 15.6 Å². The molecular formula is C24H22F4N2O4. The van der Waals surface area contributed by atoms with Crippen molar-refractivity contribution in [3.8, 4) is 22.8 Å². The number of carbonyl (C=O) groups excluding carboxylic acids is 1. The van der Waals surface area contributed by atoms with Crippen molar-refractivity contribution in [2.75, 3.05) is 13.2 Å². The molecule has 1 aromatic heterocycles. The zero-order valence-corrected chi connectivity index (χ0v) is 18.2. The molecule has 0 radical (unpaired) electrons. The Hall–Kier alpha value is -3.82. The Morgan fingerprint density at radius 2 is 1.79 bits per heavy atom. The second-order valence-electron chi connectivity index (χ2n) is 7.51. The summed E-state index contributed by atoms with van der Waals surface area (Å²) in [4.78, 5) is 25.0. The number of nitrogens with one attached hydrogen (secondary N) is 1. The SMILES string of the molecule is Cn1c(-c2cc(F)cc(C(F)(F)F)c2)cc(C(=O)NCCCCOc2ccccc2)c(O)c1=O. The minimum Gasteiger partial charge on any atom is -0.502 e. The maximum Gasteiger partial charge on any atom is 0.416 e. The summed E-state index contributed by atoms with van der Waals surface area (Å²) in [5, 5.41) is 12.7. The third-order valence-corrected chi connectivity index (χ3v) is 5.04. The molecule has 0 fully saturated rings. The zero-order chi connectivity index (χ0) is 24.9. The van der Waals surface area contributed by atoms with Crippen LogP contribution in [0.3, 0.4) is 0 Å². The van der Waals surface area contributed by atoms with Gasteiger partial charge in [0.2, 0.25) is 0 Å². The van der Waals surface area contributed by atoms with Gasteiger partial charge < -0.3 is 19.7 Å². The third-order valence-electron chi connectivity index (χ3n) is 5.04. The third kappa shape index (κ3) is 5.94. The Kier molecular flexibility index (Phi) is 7.60. The van der Waals surface area contributed by atoms with Crippen molar-refractivity contribution >= 4 is 5.91 Å². The van der Waals surface area contributed by atoms with Crippen LogP contribution in [0.5, 0.6) is 11.5 Å². The standard InChI is InChI=1S/C24H22F4N2O4/c1-30-20(15-11-16(24(26,27)28)13-17(25)12-15)14-19(21(31)23(30)33)22(32)29-9-5-6-10-34-18-7-3-2-4-8-18/h2-4,7-8,11-14,31H,5-6,9-10H2,1H3,(H,29,32). The molecule has 0 bridgehead atoms. The molecule has 0 aliphatic heterocycles. The van der Waals surface area contributed by atoms with E-state index in [0.717, 1.165) is 22.4 Å². The first-order valence-electron chi connectivity index (χ1n) is 10.3. The van der Waals surface area contributed by atoms with Crippen molar-refractivity contribution in [2.45, 2.75) is 19.0 Å². The number of pyridine rings is 1. The van der Waals surface area contributed by atoms with Gasteiger partial charge in [0.1, 0.15) is 11.6 Å². The van der Waals surface area contributed by atoms with Crippen molar-refractivity contribution in [1.82, 2.24) is 9.88 Å². The molecule has 0 atom stereocenters. The number of aromatic hydroxyl groups is 1. The van der Waals surface area contributed by atoms with Crippen molar-refractivity contribution < 1.29 is 32.2 Å². The average molecular weight is 478 g/mol. The number of hydrogen-bond donors (Lipinski definition) is 2. The molecule has 1 heterocycles. The van der Waals surface area contributed by atoms with E-state index in [4.69, 9.17) is 4.74 Å². The van der Waals surface area contributed by atoms with E-state index < -0.39 is 40.3 Å². The molecule has 0 unspecified atom stereocenters. The van der Waals surface area contributed by atoms with Gasteiger partial charge in [-0.15, -0.1) is 0 Å². The molecule has 3 rings (SSSR count). The number of halogens is 4. The lowest BCUT2D eigenvalue weighted by Crippen LogP contribution is -2.28. The molecule has 0 aliphatic carbocycles. The summed E-state index contributed by atoms with van der Waals surface area (Å²) in [6.07, 6.45) is -3.65. The second-order valence-corrected chi connectivity index (χ2v) is 7.51. The molecule has 180 valence electrons. The molecule has 0 saturated heterocycles. The van der Waals surface area contributed by atoms with Gasteiger partial charge in [0.25, 0.3) is 11.5 Å². The molecule has 0 aliphatic rings. The van der Waals surface area contributed by atoms with Crippen LogP contribution in [0.1, 0.15) is 28.8 Å². The summed E-state index contributed by atoms with van der Waals surface area (Å²) in [6, 6.07) is 12.0. The van der Waals surface area contributed by atoms with Gasteiger partial charge in [-0.05, 0) is 49.2 Å². The fraction of sp³-hybridized carbons (Fsp3) is 0.250. The van der Waals surface area contributed by atoms with Crippen molar-refractivity contribution in [3.63, 3.8) is 0 Å². The van der Waals surface area contributed by atoms with Crippen LogP contribution in [-0.4, -0.2) is 28.7 Å². The van der Waals surface area contributed by atoms with Crippen LogP contribution in [0.4, 0.5) is 17.6 Å². The molecule has 34 heavy (non-hydrogen) atoms. The van der Waals surface area contributed by atoms with Gasteiger partial charge in [-0.3, -0.25) is 9.59 Å². The highest BCUT2D eigenvalue weighted by molar-refractivity contribution is 5.97. The molecule has 0 saturated carbocycles. The number of nitrogens with zero attached hydrogens (tertiary/aromatic N) is 1. The van der Waals surface area contributed by atoms with Crippen LogP contribution in [-0.2, 0) is 13.2 Å². The minimum atomic E-state index is -4.81. The van der Waals surface area contributed by atoms with Gasteiger partial charge in [-0.1, -0.05) is 18.2 Å². The molecule has 1 amide bonds. The summed E-state index contributed by atoms with van der Waals surface area (Å²) in [5.74, 6) is -2.08. The molecule has 0 spiro atoms. The zero-order valence-electron chi connectivity index (χ0n) is 18.2. The van der Waals surface area contributed by atoms with Crippen LogP contribution in [0, 0.1) is 5.82 Å². The average Bonchev–Trinajstić information content (AvgIpc) is 2.79. The first-order chi connectivity index (χ1) is 16.1. The van der Waals surface area contributed by atoms with Gasteiger partial charge in [-0.2, -0.15) is 13.2 Å². The van der Waals surface area contributed by atoms with Crippen LogP contribution in [0.15, 0.2) is 59.4 Å². The highest BCUT2D eigenvalue weighted by atomic mass is 19.4. The van der Waals surface area contributed by atoms with Crippen molar-refractivity contribution in [1.29, 1.82) is 0 Å². The monoisotopic (exact) mass is 478 g/mol. The fourth-order valence-corrected chi connectivity index (χ4v) is 3.27. The number of alkyl halides is 3. The summed E-state index contributed by atoms with van der Waals surface area (Å²) < 4.78 is 59.5. The molecule has 6 nitrogen and oxygen atoms in total. The van der Waals surface area contributed by atoms with Crippen LogP contribution in [0.25, 0.3) is 11.3 Å². The van der Waals surface area contributed by atoms with E-state index in [2.05, 4.69) is 5.32 Å². The number of amides is 1. The molecular weight excluding hydrogens is 456 g/mol. The first-order valence-corrected chi connectivity index (χ1v) is 10.3. The summed E-state index contributed by atoms with van der Waals surface area (Å²) in [5.41, 5.74) is -3.09. The lowest BCUT2D eigenvalue weighted by molar-refractivity contribution is -0.137. The van der Waals surface area contributed by atoms with Crippen LogP contribution >= 0.6 is 0 Å². The smallest absolute Gasteiger partial charge is 0.416 e. The van der Waals surface area contributed by atoms with E-state index in [1.807, 2.05) is 30.3 Å². The predicted octanol–water partition coefficient (Wildman–Crippen LogP) is 4.50. The Morgan fingerprint density at radius 1 is 1.09 bits per heavy atom. The van der Waals surface area contributed by atoms with E-state index in [9.17, 15) is 32.3 Å². The summed E-state index contributed by atoms with van der Waals surface area (Å²) in [7, 11) is 1.20. The predicted molar refractivity (Wildman–Crippen MR) is 117 cm³/mol. The van der Waals surface area contributed by atoms with Crippen molar-refractivity contribution in [3.05, 3.63) is 81.9 Å². The largest absolute Gasteiger partial charge is 0.502 e. The van der Waals surface area contributed by atoms with E-state index in [0.29, 0.717) is 31.6 Å². The number of unbranched alkanes of at least 4 members (excludes halogenated alkanes) is 1. The van der Waals surface area contributed by atoms with Gasteiger partial charge >= 0.3 is 6.18 Å². The van der Waals surface area contributed by atoms with Gasteiger partial charge in [-0.25, -0.2) is 4.39 Å². The second kappa shape index (κ2) is 10.4.